The number of aromatic nitrogens is 1. The second-order valence-electron chi connectivity index (χ2n) is 6.20. The molecule has 4 aromatic rings. The van der Waals surface area contributed by atoms with Crippen LogP contribution in [0.15, 0.2) is 78.9 Å². The van der Waals surface area contributed by atoms with Crippen molar-refractivity contribution in [1.82, 2.24) is 4.98 Å². The summed E-state index contributed by atoms with van der Waals surface area (Å²) < 4.78 is 13.0. The average molecular weight is 344 g/mol. The van der Waals surface area contributed by atoms with Crippen LogP contribution in [0.1, 0.15) is 5.56 Å². The summed E-state index contributed by atoms with van der Waals surface area (Å²) in [6.45, 7) is 0. The zero-order chi connectivity index (χ0) is 17.9. The number of benzene rings is 3. The molecule has 0 fully saturated rings. The van der Waals surface area contributed by atoms with Crippen LogP contribution in [0.4, 0.5) is 10.1 Å². The largest absolute Gasteiger partial charge is 0.355 e. The van der Waals surface area contributed by atoms with E-state index in [1.165, 1.54) is 12.1 Å². The topological polar surface area (TPSA) is 44.9 Å². The van der Waals surface area contributed by atoms with Gasteiger partial charge in [-0.05, 0) is 42.0 Å². The molecule has 0 saturated heterocycles. The van der Waals surface area contributed by atoms with Crippen LogP contribution in [0.3, 0.4) is 0 Å². The predicted molar refractivity (Wildman–Crippen MR) is 102 cm³/mol. The third-order valence-electron chi connectivity index (χ3n) is 4.27. The number of aromatic amines is 1. The van der Waals surface area contributed by atoms with Crippen molar-refractivity contribution < 1.29 is 9.18 Å². The van der Waals surface area contributed by atoms with E-state index in [-0.39, 0.29) is 18.1 Å². The van der Waals surface area contributed by atoms with Crippen LogP contribution in [-0.2, 0) is 11.2 Å². The maximum atomic E-state index is 13.0. The fourth-order valence-corrected chi connectivity index (χ4v) is 2.99. The zero-order valence-corrected chi connectivity index (χ0v) is 14.0. The van der Waals surface area contributed by atoms with E-state index >= 15 is 0 Å². The van der Waals surface area contributed by atoms with E-state index in [9.17, 15) is 9.18 Å². The Morgan fingerprint density at radius 3 is 2.54 bits per heavy atom. The monoisotopic (exact) mass is 344 g/mol. The smallest absolute Gasteiger partial charge is 0.228 e. The van der Waals surface area contributed by atoms with E-state index in [1.54, 1.807) is 12.1 Å². The number of carbonyl (C=O) groups is 1. The van der Waals surface area contributed by atoms with Gasteiger partial charge >= 0.3 is 0 Å². The number of hydrogen-bond acceptors (Lipinski definition) is 1. The summed E-state index contributed by atoms with van der Waals surface area (Å²) in [7, 11) is 0. The van der Waals surface area contributed by atoms with Gasteiger partial charge in [-0.3, -0.25) is 4.79 Å². The third-order valence-corrected chi connectivity index (χ3v) is 4.27. The van der Waals surface area contributed by atoms with Crippen molar-refractivity contribution in [2.75, 3.05) is 5.32 Å². The Kier molecular flexibility index (Phi) is 4.23. The summed E-state index contributed by atoms with van der Waals surface area (Å²) in [6, 6.07) is 23.9. The van der Waals surface area contributed by atoms with Crippen LogP contribution in [0, 0.1) is 5.82 Å². The lowest BCUT2D eigenvalue weighted by atomic mass is 10.1. The molecule has 1 amide bonds. The van der Waals surface area contributed by atoms with E-state index in [2.05, 4.69) is 22.4 Å². The van der Waals surface area contributed by atoms with E-state index < -0.39 is 0 Å². The number of nitrogens with one attached hydrogen (secondary N) is 2. The maximum absolute atomic E-state index is 13.0. The van der Waals surface area contributed by atoms with Crippen molar-refractivity contribution in [3.8, 4) is 11.3 Å². The maximum Gasteiger partial charge on any atom is 0.228 e. The van der Waals surface area contributed by atoms with E-state index in [4.69, 9.17) is 0 Å². The lowest BCUT2D eigenvalue weighted by molar-refractivity contribution is -0.115. The van der Waals surface area contributed by atoms with E-state index in [0.717, 1.165) is 33.4 Å². The zero-order valence-electron chi connectivity index (χ0n) is 14.0. The molecule has 0 unspecified atom stereocenters. The van der Waals surface area contributed by atoms with Crippen LogP contribution in [-0.4, -0.2) is 10.9 Å². The molecule has 3 aromatic carbocycles. The predicted octanol–water partition coefficient (Wildman–Crippen LogP) is 5.16. The third kappa shape index (κ3) is 3.49. The molecule has 0 saturated carbocycles. The molecule has 26 heavy (non-hydrogen) atoms. The van der Waals surface area contributed by atoms with Crippen LogP contribution < -0.4 is 5.32 Å². The Bertz CT molecular complexity index is 1030. The minimum atomic E-state index is -0.305. The Hall–Kier alpha value is -3.40. The number of amides is 1. The van der Waals surface area contributed by atoms with Crippen molar-refractivity contribution in [2.24, 2.45) is 0 Å². The summed E-state index contributed by atoms with van der Waals surface area (Å²) in [5.41, 5.74) is 4.58. The summed E-state index contributed by atoms with van der Waals surface area (Å²) in [6.07, 6.45) is 0.205. The number of carbonyl (C=O) groups excluding carboxylic acids is 1. The van der Waals surface area contributed by atoms with E-state index in [1.807, 2.05) is 42.5 Å². The van der Waals surface area contributed by atoms with Gasteiger partial charge in [-0.15, -0.1) is 0 Å². The van der Waals surface area contributed by atoms with Gasteiger partial charge in [0.2, 0.25) is 5.91 Å². The summed E-state index contributed by atoms with van der Waals surface area (Å²) in [5, 5.41) is 4.05. The van der Waals surface area contributed by atoms with Crippen LogP contribution >= 0.6 is 0 Å². The van der Waals surface area contributed by atoms with Gasteiger partial charge in [0.05, 0.1) is 6.42 Å². The number of anilines is 1. The highest BCUT2D eigenvalue weighted by molar-refractivity contribution is 5.93. The average Bonchev–Trinajstić information content (AvgIpc) is 3.08. The van der Waals surface area contributed by atoms with Crippen LogP contribution in [0.25, 0.3) is 22.2 Å². The molecule has 0 bridgehead atoms. The standard InChI is InChI=1S/C22H17FN2O/c23-18-10-8-15(9-11-18)12-22(26)24-19-6-3-5-16(13-19)21-14-17-4-1-2-7-20(17)25-21/h1-11,13-14,25H,12H2,(H,24,26). The lowest BCUT2D eigenvalue weighted by Crippen LogP contribution is -2.14. The quantitative estimate of drug-likeness (QED) is 0.528. The normalized spacial score (nSPS) is 10.8. The van der Waals surface area contributed by atoms with Gasteiger partial charge in [0.15, 0.2) is 0 Å². The molecule has 1 heterocycles. The highest BCUT2D eigenvalue weighted by atomic mass is 19.1. The Morgan fingerprint density at radius 1 is 0.923 bits per heavy atom. The summed E-state index contributed by atoms with van der Waals surface area (Å²) in [5.74, 6) is -0.439. The molecule has 0 aliphatic carbocycles. The number of halogens is 1. The minimum absolute atomic E-state index is 0.134. The Labute approximate surface area is 150 Å². The van der Waals surface area contributed by atoms with Crippen molar-refractivity contribution in [1.29, 1.82) is 0 Å². The number of H-pyrrole nitrogens is 1. The fraction of sp³-hybridized carbons (Fsp3) is 0.0455. The molecule has 4 rings (SSSR count). The molecular weight excluding hydrogens is 327 g/mol. The molecule has 128 valence electrons. The van der Waals surface area contributed by atoms with Crippen molar-refractivity contribution in [3.05, 3.63) is 90.2 Å². The van der Waals surface area contributed by atoms with Gasteiger partial charge in [-0.2, -0.15) is 0 Å². The number of rotatable bonds is 4. The number of fused-ring (bicyclic) bond motifs is 1. The SMILES string of the molecule is O=C(Cc1ccc(F)cc1)Nc1cccc(-c2cc3ccccc3[nH]2)c1. The molecule has 0 atom stereocenters. The molecule has 2 N–H and O–H groups in total. The first-order chi connectivity index (χ1) is 12.7. The summed E-state index contributed by atoms with van der Waals surface area (Å²) >= 11 is 0. The van der Waals surface area contributed by atoms with Gasteiger partial charge < -0.3 is 10.3 Å². The highest BCUT2D eigenvalue weighted by Gasteiger charge is 2.07. The first kappa shape index (κ1) is 16.1. The van der Waals surface area contributed by atoms with Gasteiger partial charge in [0.25, 0.3) is 0 Å². The molecule has 0 radical (unpaired) electrons. The van der Waals surface area contributed by atoms with Gasteiger partial charge in [-0.1, -0.05) is 42.5 Å². The first-order valence-electron chi connectivity index (χ1n) is 8.40. The second kappa shape index (κ2) is 6.84. The fourth-order valence-electron chi connectivity index (χ4n) is 2.99. The van der Waals surface area contributed by atoms with Crippen molar-refractivity contribution in [3.63, 3.8) is 0 Å². The van der Waals surface area contributed by atoms with Gasteiger partial charge in [-0.25, -0.2) is 4.39 Å². The number of para-hydroxylation sites is 1. The van der Waals surface area contributed by atoms with Crippen LogP contribution in [0.5, 0.6) is 0 Å². The minimum Gasteiger partial charge on any atom is -0.355 e. The summed E-state index contributed by atoms with van der Waals surface area (Å²) in [4.78, 5) is 15.6. The molecule has 0 spiro atoms. The molecule has 1 aromatic heterocycles. The molecule has 4 heteroatoms. The molecule has 3 nitrogen and oxygen atoms in total. The van der Waals surface area contributed by atoms with Crippen molar-refractivity contribution >= 4 is 22.5 Å². The highest BCUT2D eigenvalue weighted by Crippen LogP contribution is 2.26. The molecule has 0 aliphatic rings. The Balaban J connectivity index is 1.51. The van der Waals surface area contributed by atoms with Gasteiger partial charge in [0, 0.05) is 27.8 Å². The molecule has 0 aliphatic heterocycles. The second-order valence-corrected chi connectivity index (χ2v) is 6.20. The lowest BCUT2D eigenvalue weighted by Gasteiger charge is -2.07. The van der Waals surface area contributed by atoms with Crippen molar-refractivity contribution in [2.45, 2.75) is 6.42 Å². The molecular formula is C22H17FN2O. The first-order valence-corrected chi connectivity index (χ1v) is 8.40. The Morgan fingerprint density at radius 2 is 1.73 bits per heavy atom. The van der Waals surface area contributed by atoms with E-state index in [0.29, 0.717) is 0 Å². The van der Waals surface area contributed by atoms with Crippen LogP contribution in [0.2, 0.25) is 0 Å². The number of hydrogen-bond donors (Lipinski definition) is 2. The van der Waals surface area contributed by atoms with Gasteiger partial charge in [0.1, 0.15) is 5.82 Å².